The molecule has 7 heteroatoms. The van der Waals surface area contributed by atoms with E-state index in [2.05, 4.69) is 15.3 Å². The second kappa shape index (κ2) is 9.89. The summed E-state index contributed by atoms with van der Waals surface area (Å²) in [5.74, 6) is 1.29. The van der Waals surface area contributed by atoms with Crippen LogP contribution in [0.2, 0.25) is 5.02 Å². The van der Waals surface area contributed by atoms with Crippen molar-refractivity contribution in [1.82, 2.24) is 9.97 Å². The van der Waals surface area contributed by atoms with Gasteiger partial charge in [0.15, 0.2) is 0 Å². The van der Waals surface area contributed by atoms with Crippen LogP contribution in [0, 0.1) is 13.8 Å². The maximum Gasteiger partial charge on any atom is 0.321 e. The van der Waals surface area contributed by atoms with Crippen molar-refractivity contribution in [3.63, 3.8) is 0 Å². The molecule has 6 nitrogen and oxygen atoms in total. The highest BCUT2D eigenvalue weighted by Gasteiger charge is 2.08. The van der Waals surface area contributed by atoms with Gasteiger partial charge in [-0.05, 0) is 73.9 Å². The van der Waals surface area contributed by atoms with Gasteiger partial charge in [-0.2, -0.15) is 0 Å². The summed E-state index contributed by atoms with van der Waals surface area (Å²) in [4.78, 5) is 20.3. The summed E-state index contributed by atoms with van der Waals surface area (Å²) in [7, 11) is 0. The molecule has 3 aromatic rings. The van der Waals surface area contributed by atoms with Crippen molar-refractivity contribution in [2.45, 2.75) is 26.7 Å². The fourth-order valence-electron chi connectivity index (χ4n) is 2.63. The second-order valence-corrected chi connectivity index (χ2v) is 6.93. The van der Waals surface area contributed by atoms with Crippen LogP contribution < -0.4 is 14.8 Å². The van der Waals surface area contributed by atoms with Crippen LogP contribution >= 0.6 is 11.6 Å². The first kappa shape index (κ1) is 20.6. The fraction of sp³-hybridized carbons (Fsp3) is 0.227. The van der Waals surface area contributed by atoms with Crippen LogP contribution in [0.3, 0.4) is 0 Å². The molecular weight excluding hydrogens is 390 g/mol. The lowest BCUT2D eigenvalue weighted by molar-refractivity contribution is -0.116. The zero-order valence-electron chi connectivity index (χ0n) is 16.3. The molecule has 0 aliphatic carbocycles. The van der Waals surface area contributed by atoms with Gasteiger partial charge < -0.3 is 14.8 Å². The van der Waals surface area contributed by atoms with E-state index in [0.29, 0.717) is 30.2 Å². The maximum absolute atomic E-state index is 12.2. The Morgan fingerprint density at radius 1 is 1.03 bits per heavy atom. The third kappa shape index (κ3) is 6.19. The van der Waals surface area contributed by atoms with Crippen molar-refractivity contribution in [3.05, 3.63) is 71.0 Å². The van der Waals surface area contributed by atoms with Crippen LogP contribution in [0.25, 0.3) is 0 Å². The first-order chi connectivity index (χ1) is 14.0. The topological polar surface area (TPSA) is 73.3 Å². The van der Waals surface area contributed by atoms with Crippen LogP contribution in [0.1, 0.15) is 24.0 Å². The Balaban J connectivity index is 1.45. The van der Waals surface area contributed by atoms with Crippen molar-refractivity contribution in [3.8, 4) is 17.5 Å². The van der Waals surface area contributed by atoms with Gasteiger partial charge in [0.2, 0.25) is 5.91 Å². The van der Waals surface area contributed by atoms with E-state index in [1.54, 1.807) is 36.7 Å². The van der Waals surface area contributed by atoms with Gasteiger partial charge in [-0.1, -0.05) is 11.6 Å². The smallest absolute Gasteiger partial charge is 0.321 e. The number of carbonyl (C=O) groups excluding carboxylic acids is 1. The quantitative estimate of drug-likeness (QED) is 0.506. The Hall–Kier alpha value is -3.12. The SMILES string of the molecule is Cc1cc(OCCCC(=O)Nc2ccc(Oc3ncccn3)cc2C)ccc1Cl. The molecule has 0 saturated heterocycles. The molecule has 0 spiro atoms. The van der Waals surface area contributed by atoms with Crippen molar-refractivity contribution >= 4 is 23.2 Å². The molecule has 29 heavy (non-hydrogen) atoms. The number of hydrogen-bond acceptors (Lipinski definition) is 5. The van der Waals surface area contributed by atoms with Gasteiger partial charge in [0.05, 0.1) is 6.61 Å². The maximum atomic E-state index is 12.2. The Bertz CT molecular complexity index is 980. The van der Waals surface area contributed by atoms with Crippen LogP contribution in [0.15, 0.2) is 54.9 Å². The number of aryl methyl sites for hydroxylation is 2. The highest BCUT2D eigenvalue weighted by molar-refractivity contribution is 6.31. The van der Waals surface area contributed by atoms with Crippen molar-refractivity contribution in [2.24, 2.45) is 0 Å². The van der Waals surface area contributed by atoms with Gasteiger partial charge in [-0.15, -0.1) is 0 Å². The fourth-order valence-corrected chi connectivity index (χ4v) is 2.74. The molecule has 0 radical (unpaired) electrons. The number of hydrogen-bond donors (Lipinski definition) is 1. The molecule has 0 saturated carbocycles. The zero-order valence-corrected chi connectivity index (χ0v) is 17.1. The van der Waals surface area contributed by atoms with Gasteiger partial charge >= 0.3 is 6.01 Å². The average Bonchev–Trinajstić information content (AvgIpc) is 2.71. The molecule has 1 amide bonds. The molecule has 0 unspecified atom stereocenters. The van der Waals surface area contributed by atoms with Gasteiger partial charge in [-0.3, -0.25) is 4.79 Å². The number of nitrogens with one attached hydrogen (secondary N) is 1. The zero-order chi connectivity index (χ0) is 20.6. The summed E-state index contributed by atoms with van der Waals surface area (Å²) in [6.45, 7) is 4.28. The van der Waals surface area contributed by atoms with Crippen LogP contribution in [-0.2, 0) is 4.79 Å². The van der Waals surface area contributed by atoms with E-state index in [1.807, 2.05) is 32.0 Å². The minimum Gasteiger partial charge on any atom is -0.494 e. The lowest BCUT2D eigenvalue weighted by Crippen LogP contribution is -2.13. The molecule has 150 valence electrons. The predicted octanol–water partition coefficient (Wildman–Crippen LogP) is 5.34. The number of benzene rings is 2. The number of ether oxygens (including phenoxy) is 2. The van der Waals surface area contributed by atoms with E-state index >= 15 is 0 Å². The normalized spacial score (nSPS) is 10.4. The lowest BCUT2D eigenvalue weighted by Gasteiger charge is -2.11. The summed E-state index contributed by atoms with van der Waals surface area (Å²) in [5.41, 5.74) is 2.59. The van der Waals surface area contributed by atoms with Gasteiger partial charge in [-0.25, -0.2) is 9.97 Å². The molecule has 0 atom stereocenters. The Labute approximate surface area is 174 Å². The molecule has 2 aromatic carbocycles. The number of rotatable bonds is 8. The summed E-state index contributed by atoms with van der Waals surface area (Å²) in [6, 6.07) is 12.9. The van der Waals surface area contributed by atoms with Crippen LogP contribution in [-0.4, -0.2) is 22.5 Å². The molecule has 0 bridgehead atoms. The standard InChI is InChI=1S/C22H22ClN3O3/c1-15-13-17(6-8-19(15)23)28-12-3-5-21(27)26-20-9-7-18(14-16(20)2)29-22-24-10-4-11-25-22/h4,6-11,13-14H,3,5,12H2,1-2H3,(H,26,27). The summed E-state index contributed by atoms with van der Waals surface area (Å²) in [5, 5.41) is 3.63. The molecule has 0 aliphatic heterocycles. The molecular formula is C22H22ClN3O3. The molecule has 0 aliphatic rings. The first-order valence-electron chi connectivity index (χ1n) is 9.25. The third-order valence-electron chi connectivity index (χ3n) is 4.17. The molecule has 3 rings (SSSR count). The van der Waals surface area contributed by atoms with Crippen LogP contribution in [0.4, 0.5) is 5.69 Å². The summed E-state index contributed by atoms with van der Waals surface area (Å²) >= 11 is 6.00. The Morgan fingerprint density at radius 3 is 2.48 bits per heavy atom. The number of anilines is 1. The minimum atomic E-state index is -0.0657. The average molecular weight is 412 g/mol. The predicted molar refractivity (Wildman–Crippen MR) is 113 cm³/mol. The monoisotopic (exact) mass is 411 g/mol. The highest BCUT2D eigenvalue weighted by atomic mass is 35.5. The Morgan fingerprint density at radius 2 is 1.76 bits per heavy atom. The van der Waals surface area contributed by atoms with Crippen molar-refractivity contribution in [2.75, 3.05) is 11.9 Å². The summed E-state index contributed by atoms with van der Waals surface area (Å²) < 4.78 is 11.3. The molecule has 1 N–H and O–H groups in total. The molecule has 1 aromatic heterocycles. The number of carbonyl (C=O) groups is 1. The van der Waals surface area contributed by atoms with E-state index in [1.165, 1.54) is 0 Å². The third-order valence-corrected chi connectivity index (χ3v) is 4.59. The van der Waals surface area contributed by atoms with Gasteiger partial charge in [0, 0.05) is 29.5 Å². The van der Waals surface area contributed by atoms with E-state index in [0.717, 1.165) is 22.6 Å². The van der Waals surface area contributed by atoms with Gasteiger partial charge in [0.25, 0.3) is 0 Å². The van der Waals surface area contributed by atoms with E-state index < -0.39 is 0 Å². The number of amides is 1. The molecule has 0 fully saturated rings. The number of aromatic nitrogens is 2. The highest BCUT2D eigenvalue weighted by Crippen LogP contribution is 2.24. The minimum absolute atomic E-state index is 0.0657. The Kier molecular flexibility index (Phi) is 7.03. The molecule has 1 heterocycles. The second-order valence-electron chi connectivity index (χ2n) is 6.52. The van der Waals surface area contributed by atoms with E-state index in [9.17, 15) is 4.79 Å². The van der Waals surface area contributed by atoms with E-state index in [4.69, 9.17) is 21.1 Å². The van der Waals surface area contributed by atoms with Crippen LogP contribution in [0.5, 0.6) is 17.5 Å². The number of nitrogens with zero attached hydrogens (tertiary/aromatic N) is 2. The lowest BCUT2D eigenvalue weighted by atomic mass is 10.2. The van der Waals surface area contributed by atoms with Crippen molar-refractivity contribution < 1.29 is 14.3 Å². The first-order valence-corrected chi connectivity index (χ1v) is 9.63. The summed E-state index contributed by atoms with van der Waals surface area (Å²) in [6.07, 6.45) is 4.20. The largest absolute Gasteiger partial charge is 0.494 e. The van der Waals surface area contributed by atoms with Gasteiger partial charge in [0.1, 0.15) is 11.5 Å². The number of halogens is 1. The van der Waals surface area contributed by atoms with E-state index in [-0.39, 0.29) is 11.9 Å². The van der Waals surface area contributed by atoms with Crippen molar-refractivity contribution in [1.29, 1.82) is 0 Å².